The molecule has 2 fully saturated rings. The number of halogens is 1. The lowest BCUT2D eigenvalue weighted by Crippen LogP contribution is -2.63. The van der Waals surface area contributed by atoms with E-state index in [9.17, 15) is 30.3 Å². The van der Waals surface area contributed by atoms with Crippen molar-refractivity contribution in [2.45, 2.75) is 62.5 Å². The molecule has 0 saturated carbocycles. The number of hydrogen-bond acceptors (Lipinski definition) is 8. The van der Waals surface area contributed by atoms with Crippen molar-refractivity contribution in [1.82, 2.24) is 4.90 Å². The standard InChI is InChI=1S/C26H32ClNO8/c1-15(30)28-10-8-20(9-11-28)35-19-5-2-16(3-6-19)12-17-13-18(4-7-21(17)27)26(34)25(33)24(32)23(31)22(14-29)36-26/h2-7,13,20,22-25,29,31-34H,8-12,14H2,1H3/t22-,23-,24+,25-,26?/m1/s1. The highest BCUT2D eigenvalue weighted by atomic mass is 35.5. The first kappa shape index (κ1) is 26.8. The number of hydrogen-bond donors (Lipinski definition) is 5. The van der Waals surface area contributed by atoms with Crippen LogP contribution in [-0.4, -0.2) is 86.6 Å². The fraction of sp³-hybridized carbons (Fsp3) is 0.500. The van der Waals surface area contributed by atoms with Gasteiger partial charge in [-0.05, 0) is 41.8 Å². The van der Waals surface area contributed by atoms with Crippen molar-refractivity contribution < 1.29 is 39.8 Å². The van der Waals surface area contributed by atoms with E-state index in [1.165, 1.54) is 6.07 Å². The topological polar surface area (TPSA) is 140 Å². The van der Waals surface area contributed by atoms with Crippen LogP contribution >= 0.6 is 11.6 Å². The number of aliphatic hydroxyl groups excluding tert-OH is 4. The lowest BCUT2D eigenvalue weighted by molar-refractivity contribution is -0.357. The fourth-order valence-corrected chi connectivity index (χ4v) is 4.90. The number of aliphatic hydroxyl groups is 5. The molecule has 0 radical (unpaired) electrons. The first-order valence-corrected chi connectivity index (χ1v) is 12.4. The summed E-state index contributed by atoms with van der Waals surface area (Å²) in [7, 11) is 0. The lowest BCUT2D eigenvalue weighted by atomic mass is 9.87. The van der Waals surface area contributed by atoms with Crippen LogP contribution in [-0.2, 0) is 21.7 Å². The molecule has 2 aromatic rings. The number of ether oxygens (including phenoxy) is 2. The molecule has 10 heteroatoms. The van der Waals surface area contributed by atoms with Gasteiger partial charge in [0.1, 0.15) is 36.3 Å². The van der Waals surface area contributed by atoms with Gasteiger partial charge in [-0.15, -0.1) is 0 Å². The summed E-state index contributed by atoms with van der Waals surface area (Å²) in [4.78, 5) is 13.3. The molecule has 0 aromatic heterocycles. The number of amides is 1. The Morgan fingerprint density at radius 2 is 1.78 bits per heavy atom. The Morgan fingerprint density at radius 1 is 1.11 bits per heavy atom. The summed E-state index contributed by atoms with van der Waals surface area (Å²) in [6.07, 6.45) is -4.38. The second-order valence-electron chi connectivity index (χ2n) is 9.41. The molecular formula is C26H32ClNO8. The van der Waals surface area contributed by atoms with Gasteiger partial charge in [-0.2, -0.15) is 0 Å². The second-order valence-corrected chi connectivity index (χ2v) is 9.82. The molecule has 5 N–H and O–H groups in total. The second kappa shape index (κ2) is 11.0. The van der Waals surface area contributed by atoms with Crippen LogP contribution in [0.15, 0.2) is 42.5 Å². The SMILES string of the molecule is CC(=O)N1CCC(Oc2ccc(Cc3cc(C4(O)O[C@H](CO)[C@@H](O)[C@H](O)[C@H]4O)ccc3Cl)cc2)CC1. The van der Waals surface area contributed by atoms with Crippen LogP contribution < -0.4 is 4.74 Å². The van der Waals surface area contributed by atoms with E-state index >= 15 is 0 Å². The summed E-state index contributed by atoms with van der Waals surface area (Å²) in [6.45, 7) is 2.30. The molecule has 9 nitrogen and oxygen atoms in total. The molecular weight excluding hydrogens is 490 g/mol. The van der Waals surface area contributed by atoms with E-state index < -0.39 is 36.8 Å². The number of likely N-dealkylation sites (tertiary alicyclic amines) is 1. The number of rotatable bonds is 6. The third-order valence-corrected chi connectivity index (χ3v) is 7.30. The highest BCUT2D eigenvalue weighted by Crippen LogP contribution is 2.38. The largest absolute Gasteiger partial charge is 0.490 e. The van der Waals surface area contributed by atoms with E-state index in [1.807, 2.05) is 29.2 Å². The fourth-order valence-electron chi connectivity index (χ4n) is 4.71. The van der Waals surface area contributed by atoms with Crippen LogP contribution in [0.5, 0.6) is 5.75 Å². The number of nitrogens with zero attached hydrogens (tertiary/aromatic N) is 1. The van der Waals surface area contributed by atoms with E-state index in [0.29, 0.717) is 30.1 Å². The first-order valence-electron chi connectivity index (χ1n) is 12.0. The average molecular weight is 522 g/mol. The molecule has 196 valence electrons. The van der Waals surface area contributed by atoms with Crippen LogP contribution in [0.1, 0.15) is 36.5 Å². The number of carbonyl (C=O) groups is 1. The zero-order valence-electron chi connectivity index (χ0n) is 20.0. The molecule has 0 aliphatic carbocycles. The third-order valence-electron chi connectivity index (χ3n) is 6.93. The molecule has 2 heterocycles. The molecule has 1 amide bonds. The highest BCUT2D eigenvalue weighted by molar-refractivity contribution is 6.31. The third kappa shape index (κ3) is 5.52. The Labute approximate surface area is 214 Å². The van der Waals surface area contributed by atoms with Crippen molar-refractivity contribution in [2.75, 3.05) is 19.7 Å². The van der Waals surface area contributed by atoms with E-state index in [2.05, 4.69) is 0 Å². The number of piperidine rings is 1. The summed E-state index contributed by atoms with van der Waals surface area (Å²) in [5, 5.41) is 51.6. The Balaban J connectivity index is 1.45. The van der Waals surface area contributed by atoms with Crippen LogP contribution in [0.2, 0.25) is 5.02 Å². The summed E-state index contributed by atoms with van der Waals surface area (Å²) in [6, 6.07) is 12.1. The zero-order valence-corrected chi connectivity index (χ0v) is 20.7. The molecule has 36 heavy (non-hydrogen) atoms. The normalized spacial score (nSPS) is 29.2. The van der Waals surface area contributed by atoms with Gasteiger partial charge < -0.3 is 39.9 Å². The summed E-state index contributed by atoms with van der Waals surface area (Å²) in [5.41, 5.74) is 1.70. The van der Waals surface area contributed by atoms with Crippen LogP contribution in [0.25, 0.3) is 0 Å². The predicted molar refractivity (Wildman–Crippen MR) is 130 cm³/mol. The van der Waals surface area contributed by atoms with E-state index in [0.717, 1.165) is 24.2 Å². The molecule has 2 aliphatic rings. The molecule has 2 aromatic carbocycles. The monoisotopic (exact) mass is 521 g/mol. The van der Waals surface area contributed by atoms with Gasteiger partial charge in [-0.25, -0.2) is 0 Å². The highest BCUT2D eigenvalue weighted by Gasteiger charge is 2.53. The van der Waals surface area contributed by atoms with Gasteiger partial charge >= 0.3 is 0 Å². The molecule has 5 atom stereocenters. The van der Waals surface area contributed by atoms with Crippen molar-refractivity contribution >= 4 is 17.5 Å². The van der Waals surface area contributed by atoms with E-state index in [4.69, 9.17) is 21.1 Å². The Hall–Kier alpha value is -2.24. The minimum atomic E-state index is -2.35. The van der Waals surface area contributed by atoms with Crippen molar-refractivity contribution in [3.8, 4) is 5.75 Å². The molecule has 0 spiro atoms. The van der Waals surface area contributed by atoms with Crippen LogP contribution in [0.3, 0.4) is 0 Å². The van der Waals surface area contributed by atoms with E-state index in [1.54, 1.807) is 19.1 Å². The van der Waals surface area contributed by atoms with Crippen LogP contribution in [0.4, 0.5) is 0 Å². The molecule has 1 unspecified atom stereocenters. The molecule has 4 rings (SSSR count). The molecule has 0 bridgehead atoms. The minimum Gasteiger partial charge on any atom is -0.490 e. The van der Waals surface area contributed by atoms with Crippen molar-refractivity contribution in [3.05, 3.63) is 64.2 Å². The van der Waals surface area contributed by atoms with Gasteiger partial charge in [-0.3, -0.25) is 4.79 Å². The van der Waals surface area contributed by atoms with Gasteiger partial charge in [0.2, 0.25) is 11.7 Å². The Kier molecular flexibility index (Phi) is 8.21. The lowest BCUT2D eigenvalue weighted by Gasteiger charge is -2.45. The maximum Gasteiger partial charge on any atom is 0.222 e. The summed E-state index contributed by atoms with van der Waals surface area (Å²) >= 11 is 6.40. The maximum absolute atomic E-state index is 11.5. The summed E-state index contributed by atoms with van der Waals surface area (Å²) in [5.74, 6) is -1.53. The smallest absolute Gasteiger partial charge is 0.222 e. The molecule has 2 aliphatic heterocycles. The number of carbonyl (C=O) groups excluding carboxylic acids is 1. The average Bonchev–Trinajstić information content (AvgIpc) is 2.87. The van der Waals surface area contributed by atoms with Gasteiger partial charge in [0, 0.05) is 43.4 Å². The first-order chi connectivity index (χ1) is 17.1. The van der Waals surface area contributed by atoms with Crippen molar-refractivity contribution in [2.24, 2.45) is 0 Å². The van der Waals surface area contributed by atoms with Gasteiger partial charge in [-0.1, -0.05) is 29.8 Å². The van der Waals surface area contributed by atoms with Gasteiger partial charge in [0.15, 0.2) is 0 Å². The minimum absolute atomic E-state index is 0.0526. The zero-order chi connectivity index (χ0) is 26.0. The van der Waals surface area contributed by atoms with E-state index in [-0.39, 0.29) is 17.6 Å². The molecule has 2 saturated heterocycles. The van der Waals surface area contributed by atoms with Crippen molar-refractivity contribution in [1.29, 1.82) is 0 Å². The van der Waals surface area contributed by atoms with Crippen molar-refractivity contribution in [3.63, 3.8) is 0 Å². The van der Waals surface area contributed by atoms with Gasteiger partial charge in [0.25, 0.3) is 0 Å². The van der Waals surface area contributed by atoms with Gasteiger partial charge in [0.05, 0.1) is 6.61 Å². The van der Waals surface area contributed by atoms with Crippen LogP contribution in [0, 0.1) is 0 Å². The Morgan fingerprint density at radius 3 is 2.39 bits per heavy atom. The summed E-state index contributed by atoms with van der Waals surface area (Å²) < 4.78 is 11.5. The Bertz CT molecular complexity index is 1060. The predicted octanol–water partition coefficient (Wildman–Crippen LogP) is 0.939. The maximum atomic E-state index is 11.5. The number of benzene rings is 2. The quantitative estimate of drug-likeness (QED) is 0.378.